The minimum atomic E-state index is -1.25. The predicted molar refractivity (Wildman–Crippen MR) is 145 cm³/mol. The van der Waals surface area contributed by atoms with E-state index in [2.05, 4.69) is 43.9 Å². The molecule has 3 amide bonds. The predicted octanol–water partition coefficient (Wildman–Crippen LogP) is 3.48. The summed E-state index contributed by atoms with van der Waals surface area (Å²) in [4.78, 5) is 55.9. The molecule has 1 N–H and O–H groups in total. The molecule has 4 rings (SSSR count). The van der Waals surface area contributed by atoms with E-state index in [1.54, 1.807) is 24.3 Å². The summed E-state index contributed by atoms with van der Waals surface area (Å²) >= 11 is 0. The van der Waals surface area contributed by atoms with Gasteiger partial charge in [-0.05, 0) is 28.5 Å². The van der Waals surface area contributed by atoms with E-state index >= 15 is 0 Å². The summed E-state index contributed by atoms with van der Waals surface area (Å²) < 4.78 is 0. The van der Waals surface area contributed by atoms with Crippen LogP contribution in [0.2, 0.25) is 0 Å². The molecular weight excluding hydrogens is 482 g/mol. The van der Waals surface area contributed by atoms with Crippen LogP contribution in [0.1, 0.15) is 51.2 Å². The topological polar surface area (TPSA) is 98.2 Å². The molecule has 2 fully saturated rings. The summed E-state index contributed by atoms with van der Waals surface area (Å²) in [5, 5.41) is 9.76. The van der Waals surface area contributed by atoms with E-state index in [-0.39, 0.29) is 37.0 Å². The van der Waals surface area contributed by atoms with E-state index in [9.17, 15) is 24.3 Å². The number of anilines is 1. The highest BCUT2D eigenvalue weighted by Crippen LogP contribution is 2.33. The van der Waals surface area contributed by atoms with Crippen molar-refractivity contribution in [2.24, 2.45) is 5.92 Å². The van der Waals surface area contributed by atoms with Crippen molar-refractivity contribution in [1.82, 2.24) is 9.80 Å². The number of piperidine rings is 1. The molecule has 2 aliphatic heterocycles. The fraction of sp³-hybridized carbons (Fsp3) is 0.467. The largest absolute Gasteiger partial charge is 0.480 e. The molecule has 0 radical (unpaired) electrons. The Balaban J connectivity index is 1.34. The van der Waals surface area contributed by atoms with Gasteiger partial charge in [0.1, 0.15) is 6.04 Å². The number of carbonyl (C=O) groups is 4. The maximum atomic E-state index is 13.1. The highest BCUT2D eigenvalue weighted by atomic mass is 16.4. The van der Waals surface area contributed by atoms with Gasteiger partial charge in [-0.2, -0.15) is 0 Å². The van der Waals surface area contributed by atoms with Crippen LogP contribution in [0.3, 0.4) is 0 Å². The Kier molecular flexibility index (Phi) is 8.19. The van der Waals surface area contributed by atoms with Gasteiger partial charge in [0.25, 0.3) is 0 Å². The van der Waals surface area contributed by atoms with Crippen molar-refractivity contribution in [3.05, 3.63) is 65.7 Å². The second-order valence-corrected chi connectivity index (χ2v) is 11.3. The van der Waals surface area contributed by atoms with Gasteiger partial charge in [0, 0.05) is 57.5 Å². The molecule has 8 heteroatoms. The third-order valence-electron chi connectivity index (χ3n) is 7.48. The molecule has 1 unspecified atom stereocenters. The highest BCUT2D eigenvalue weighted by molar-refractivity contribution is 6.02. The van der Waals surface area contributed by atoms with Gasteiger partial charge >= 0.3 is 5.97 Å². The Morgan fingerprint density at radius 1 is 0.895 bits per heavy atom. The molecule has 2 heterocycles. The first-order valence-corrected chi connectivity index (χ1v) is 13.3. The minimum absolute atomic E-state index is 0.00499. The lowest BCUT2D eigenvalue weighted by Gasteiger charge is -2.39. The lowest BCUT2D eigenvalue weighted by molar-refractivity contribution is -0.162. The highest BCUT2D eigenvalue weighted by Gasteiger charge is 2.41. The van der Waals surface area contributed by atoms with Crippen LogP contribution >= 0.6 is 0 Å². The molecule has 0 saturated carbocycles. The molecule has 2 saturated heterocycles. The van der Waals surface area contributed by atoms with Crippen molar-refractivity contribution < 1.29 is 24.3 Å². The van der Waals surface area contributed by atoms with Crippen molar-refractivity contribution in [2.45, 2.75) is 57.9 Å². The van der Waals surface area contributed by atoms with Crippen LogP contribution < -0.4 is 4.90 Å². The summed E-state index contributed by atoms with van der Waals surface area (Å²) in [6.07, 6.45) is 0.157. The molecule has 0 aromatic heterocycles. The number of carboxylic acid groups (broad SMARTS) is 1. The van der Waals surface area contributed by atoms with Crippen LogP contribution in [0.4, 0.5) is 5.69 Å². The number of hydrogen-bond donors (Lipinski definition) is 1. The van der Waals surface area contributed by atoms with Crippen molar-refractivity contribution in [2.75, 3.05) is 31.1 Å². The SMILES string of the molecule is CC(C)(C)c1ccccc1N1CCN(C(=O)CC2CC(=O)N(C(Cc3ccccc3)C(=O)O)C(=O)C2)CC1. The van der Waals surface area contributed by atoms with Crippen LogP contribution in [0.5, 0.6) is 0 Å². The van der Waals surface area contributed by atoms with Gasteiger partial charge in [0.15, 0.2) is 0 Å². The van der Waals surface area contributed by atoms with Gasteiger partial charge in [-0.15, -0.1) is 0 Å². The Bertz CT molecular complexity index is 1160. The lowest BCUT2D eigenvalue weighted by Crippen LogP contribution is -2.54. The van der Waals surface area contributed by atoms with Gasteiger partial charge in [0.2, 0.25) is 17.7 Å². The average molecular weight is 520 g/mol. The molecule has 1 atom stereocenters. The first kappa shape index (κ1) is 27.4. The Hall–Kier alpha value is -3.68. The summed E-state index contributed by atoms with van der Waals surface area (Å²) in [6.45, 7) is 9.18. The van der Waals surface area contributed by atoms with Crippen LogP contribution in [0.15, 0.2) is 54.6 Å². The van der Waals surface area contributed by atoms with E-state index in [0.29, 0.717) is 13.1 Å². The van der Waals surface area contributed by atoms with E-state index in [4.69, 9.17) is 0 Å². The summed E-state index contributed by atoms with van der Waals surface area (Å²) in [6, 6.07) is 16.1. The van der Waals surface area contributed by atoms with E-state index in [1.165, 1.54) is 11.3 Å². The second kappa shape index (κ2) is 11.4. The van der Waals surface area contributed by atoms with Gasteiger partial charge in [-0.25, -0.2) is 4.79 Å². The lowest BCUT2D eigenvalue weighted by atomic mass is 9.85. The number of hydrogen-bond acceptors (Lipinski definition) is 5. The van der Waals surface area contributed by atoms with E-state index in [1.807, 2.05) is 17.0 Å². The van der Waals surface area contributed by atoms with Crippen LogP contribution in [0, 0.1) is 5.92 Å². The normalized spacial score (nSPS) is 18.0. The van der Waals surface area contributed by atoms with Gasteiger partial charge in [-0.1, -0.05) is 69.3 Å². The first-order chi connectivity index (χ1) is 18.0. The van der Waals surface area contributed by atoms with E-state index in [0.717, 1.165) is 23.6 Å². The standard InChI is InChI=1S/C30H37N3O5/c1-30(2,3)23-11-7-8-12-24(23)31-13-15-32(16-14-31)26(34)18-22-19-27(35)33(28(36)20-22)25(29(37)38)17-21-9-5-4-6-10-21/h4-12,22,25H,13-20H2,1-3H3,(H,37,38). The number of aliphatic carboxylic acids is 1. The Morgan fingerprint density at radius 2 is 1.47 bits per heavy atom. The fourth-order valence-corrected chi connectivity index (χ4v) is 5.48. The minimum Gasteiger partial charge on any atom is -0.480 e. The number of likely N-dealkylation sites (tertiary alicyclic amines) is 1. The molecule has 0 aliphatic carbocycles. The number of nitrogens with zero attached hydrogens (tertiary/aromatic N) is 3. The summed E-state index contributed by atoms with van der Waals surface area (Å²) in [7, 11) is 0. The number of carboxylic acids is 1. The van der Waals surface area contributed by atoms with Crippen molar-refractivity contribution in [3.63, 3.8) is 0 Å². The average Bonchev–Trinajstić information content (AvgIpc) is 2.88. The van der Waals surface area contributed by atoms with Gasteiger partial charge in [0.05, 0.1) is 0 Å². The number of benzene rings is 2. The molecular formula is C30H37N3O5. The van der Waals surface area contributed by atoms with Gasteiger partial charge in [-0.3, -0.25) is 19.3 Å². The molecule has 2 aliphatic rings. The smallest absolute Gasteiger partial charge is 0.327 e. The summed E-state index contributed by atoms with van der Waals surface area (Å²) in [5.41, 5.74) is 3.22. The third kappa shape index (κ3) is 6.23. The zero-order valence-electron chi connectivity index (χ0n) is 22.4. The molecule has 2 aromatic carbocycles. The molecule has 0 bridgehead atoms. The number of amides is 3. The number of piperazine rings is 1. The van der Waals surface area contributed by atoms with Crippen molar-refractivity contribution >= 4 is 29.4 Å². The summed E-state index contributed by atoms with van der Waals surface area (Å²) in [5.74, 6) is -2.73. The quantitative estimate of drug-likeness (QED) is 0.563. The molecule has 8 nitrogen and oxygen atoms in total. The van der Waals surface area contributed by atoms with E-state index < -0.39 is 29.7 Å². The number of carbonyl (C=O) groups excluding carboxylic acids is 3. The number of rotatable bonds is 7. The maximum absolute atomic E-state index is 13.1. The zero-order chi connectivity index (χ0) is 27.4. The van der Waals surface area contributed by atoms with Gasteiger partial charge < -0.3 is 14.9 Å². The van der Waals surface area contributed by atoms with Crippen LogP contribution in [-0.2, 0) is 31.0 Å². The monoisotopic (exact) mass is 519 g/mol. The van der Waals surface area contributed by atoms with Crippen LogP contribution in [0.25, 0.3) is 0 Å². The first-order valence-electron chi connectivity index (χ1n) is 13.3. The number of imide groups is 1. The van der Waals surface area contributed by atoms with Crippen molar-refractivity contribution in [3.8, 4) is 0 Å². The maximum Gasteiger partial charge on any atom is 0.327 e. The third-order valence-corrected chi connectivity index (χ3v) is 7.48. The molecule has 202 valence electrons. The molecule has 38 heavy (non-hydrogen) atoms. The fourth-order valence-electron chi connectivity index (χ4n) is 5.48. The molecule has 2 aromatic rings. The molecule has 0 spiro atoms. The van der Waals surface area contributed by atoms with Crippen molar-refractivity contribution in [1.29, 1.82) is 0 Å². The van der Waals surface area contributed by atoms with Crippen LogP contribution in [-0.4, -0.2) is 70.8 Å². The Morgan fingerprint density at radius 3 is 2.05 bits per heavy atom. The second-order valence-electron chi connectivity index (χ2n) is 11.3. The zero-order valence-corrected chi connectivity index (χ0v) is 22.4. The Labute approximate surface area is 224 Å². The number of para-hydroxylation sites is 1.